The van der Waals surface area contributed by atoms with Crippen molar-refractivity contribution in [1.82, 2.24) is 5.32 Å². The van der Waals surface area contributed by atoms with Crippen molar-refractivity contribution < 1.29 is 14.3 Å². The van der Waals surface area contributed by atoms with Crippen LogP contribution in [0, 0.1) is 6.92 Å². The number of methoxy groups -OCH3 is 1. The largest absolute Gasteiger partial charge is 0.465 e. The molecule has 1 atom stereocenters. The molecule has 0 aliphatic carbocycles. The van der Waals surface area contributed by atoms with E-state index in [2.05, 4.69) is 15.4 Å². The second kappa shape index (κ2) is 8.00. The Morgan fingerprint density at radius 3 is 2.71 bits per heavy atom. The molecule has 1 aromatic rings. The minimum Gasteiger partial charge on any atom is -0.465 e. The second-order valence-electron chi connectivity index (χ2n) is 5.01. The number of piperidine rings is 1. The Hall–Kier alpha value is -1.59. The van der Waals surface area contributed by atoms with Crippen LogP contribution >= 0.6 is 12.4 Å². The smallest absolute Gasteiger partial charge is 0.337 e. The summed E-state index contributed by atoms with van der Waals surface area (Å²) in [5, 5.41) is 6.09. The van der Waals surface area contributed by atoms with Crippen LogP contribution in [-0.2, 0) is 9.53 Å². The molecule has 5 nitrogen and oxygen atoms in total. The Bertz CT molecular complexity index is 514. The Balaban J connectivity index is 0.00000220. The molecule has 6 heteroatoms. The number of aryl methyl sites for hydroxylation is 1. The van der Waals surface area contributed by atoms with Crippen LogP contribution in [-0.4, -0.2) is 31.6 Å². The zero-order valence-corrected chi connectivity index (χ0v) is 13.1. The van der Waals surface area contributed by atoms with E-state index in [-0.39, 0.29) is 24.4 Å². The monoisotopic (exact) mass is 312 g/mol. The first-order valence-electron chi connectivity index (χ1n) is 6.85. The maximum atomic E-state index is 12.2. The SMILES string of the molecule is COC(=O)c1ccc(C)c(NC(=O)[C@H]2CCCCN2)c1.Cl. The van der Waals surface area contributed by atoms with Crippen molar-refractivity contribution in [2.45, 2.75) is 32.2 Å². The first-order chi connectivity index (χ1) is 9.61. The lowest BCUT2D eigenvalue weighted by Gasteiger charge is -2.23. The Morgan fingerprint density at radius 2 is 2.10 bits per heavy atom. The van der Waals surface area contributed by atoms with E-state index >= 15 is 0 Å². The van der Waals surface area contributed by atoms with Crippen molar-refractivity contribution in [3.63, 3.8) is 0 Å². The topological polar surface area (TPSA) is 67.4 Å². The van der Waals surface area contributed by atoms with Crippen molar-refractivity contribution >= 4 is 30.0 Å². The van der Waals surface area contributed by atoms with Gasteiger partial charge in [-0.3, -0.25) is 4.79 Å². The van der Waals surface area contributed by atoms with Gasteiger partial charge in [-0.2, -0.15) is 0 Å². The molecule has 1 aromatic carbocycles. The lowest BCUT2D eigenvalue weighted by Crippen LogP contribution is -2.43. The van der Waals surface area contributed by atoms with Gasteiger partial charge in [0.25, 0.3) is 0 Å². The van der Waals surface area contributed by atoms with Crippen molar-refractivity contribution in [3.05, 3.63) is 29.3 Å². The molecule has 2 N–H and O–H groups in total. The highest BCUT2D eigenvalue weighted by molar-refractivity contribution is 5.97. The molecule has 1 aliphatic rings. The molecule has 0 unspecified atom stereocenters. The van der Waals surface area contributed by atoms with E-state index in [1.165, 1.54) is 7.11 Å². The minimum atomic E-state index is -0.406. The highest BCUT2D eigenvalue weighted by Gasteiger charge is 2.21. The quantitative estimate of drug-likeness (QED) is 0.840. The predicted molar refractivity (Wildman–Crippen MR) is 84.0 cm³/mol. The van der Waals surface area contributed by atoms with Gasteiger partial charge in [0.1, 0.15) is 0 Å². The maximum absolute atomic E-state index is 12.2. The summed E-state index contributed by atoms with van der Waals surface area (Å²) in [5.41, 5.74) is 2.01. The average Bonchev–Trinajstić information content (AvgIpc) is 2.49. The highest BCUT2D eigenvalue weighted by atomic mass is 35.5. The fraction of sp³-hybridized carbons (Fsp3) is 0.467. The van der Waals surface area contributed by atoms with Crippen LogP contribution in [0.4, 0.5) is 5.69 Å². The number of hydrogen-bond acceptors (Lipinski definition) is 4. The highest BCUT2D eigenvalue weighted by Crippen LogP contribution is 2.19. The van der Waals surface area contributed by atoms with Crippen LogP contribution in [0.3, 0.4) is 0 Å². The van der Waals surface area contributed by atoms with E-state index in [4.69, 9.17) is 0 Å². The summed E-state index contributed by atoms with van der Waals surface area (Å²) >= 11 is 0. The Labute approximate surface area is 130 Å². The molecule has 0 radical (unpaired) electrons. The zero-order chi connectivity index (χ0) is 14.5. The first kappa shape index (κ1) is 17.5. The van der Waals surface area contributed by atoms with E-state index in [0.717, 1.165) is 31.4 Å². The third-order valence-corrected chi connectivity index (χ3v) is 3.54. The third-order valence-electron chi connectivity index (χ3n) is 3.54. The summed E-state index contributed by atoms with van der Waals surface area (Å²) in [6.07, 6.45) is 3.02. The number of esters is 1. The summed E-state index contributed by atoms with van der Waals surface area (Å²) < 4.78 is 4.69. The molecule has 1 amide bonds. The molecule has 2 rings (SSSR count). The van der Waals surface area contributed by atoms with Crippen molar-refractivity contribution in [2.75, 3.05) is 19.0 Å². The maximum Gasteiger partial charge on any atom is 0.337 e. The van der Waals surface area contributed by atoms with Gasteiger partial charge in [-0.1, -0.05) is 12.5 Å². The van der Waals surface area contributed by atoms with Gasteiger partial charge in [0.05, 0.1) is 18.7 Å². The summed E-state index contributed by atoms with van der Waals surface area (Å²) in [6, 6.07) is 5.00. The van der Waals surface area contributed by atoms with Gasteiger partial charge in [-0.25, -0.2) is 4.79 Å². The van der Waals surface area contributed by atoms with E-state index in [1.54, 1.807) is 18.2 Å². The third kappa shape index (κ3) is 4.44. The molecule has 0 aromatic heterocycles. The molecule has 0 saturated carbocycles. The van der Waals surface area contributed by atoms with Crippen LogP contribution < -0.4 is 10.6 Å². The lowest BCUT2D eigenvalue weighted by molar-refractivity contribution is -0.118. The van der Waals surface area contributed by atoms with Crippen LogP contribution in [0.1, 0.15) is 35.2 Å². The van der Waals surface area contributed by atoms with Gasteiger partial charge in [0.2, 0.25) is 5.91 Å². The van der Waals surface area contributed by atoms with E-state index in [9.17, 15) is 9.59 Å². The summed E-state index contributed by atoms with van der Waals surface area (Å²) in [5.74, 6) is -0.453. The molecule has 0 bridgehead atoms. The van der Waals surface area contributed by atoms with E-state index < -0.39 is 5.97 Å². The van der Waals surface area contributed by atoms with Gasteiger partial charge < -0.3 is 15.4 Å². The Morgan fingerprint density at radius 1 is 1.33 bits per heavy atom. The zero-order valence-electron chi connectivity index (χ0n) is 12.3. The molecule has 116 valence electrons. The van der Waals surface area contributed by atoms with Crippen LogP contribution in [0.5, 0.6) is 0 Å². The molecular formula is C15H21ClN2O3. The number of nitrogens with one attached hydrogen (secondary N) is 2. The lowest BCUT2D eigenvalue weighted by atomic mass is 10.0. The van der Waals surface area contributed by atoms with Crippen LogP contribution in [0.2, 0.25) is 0 Å². The normalized spacial score (nSPS) is 17.5. The number of carbonyl (C=O) groups excluding carboxylic acids is 2. The van der Waals surface area contributed by atoms with E-state index in [0.29, 0.717) is 11.3 Å². The number of carbonyl (C=O) groups is 2. The van der Waals surface area contributed by atoms with Crippen molar-refractivity contribution in [2.24, 2.45) is 0 Å². The number of rotatable bonds is 3. The average molecular weight is 313 g/mol. The fourth-order valence-electron chi connectivity index (χ4n) is 2.30. The van der Waals surface area contributed by atoms with Gasteiger partial charge >= 0.3 is 5.97 Å². The number of amides is 1. The second-order valence-corrected chi connectivity index (χ2v) is 5.01. The summed E-state index contributed by atoms with van der Waals surface area (Å²) in [6.45, 7) is 2.77. The standard InChI is InChI=1S/C15H20N2O3.ClH/c1-10-6-7-11(15(19)20-2)9-13(10)17-14(18)12-5-3-4-8-16-12;/h6-7,9,12,16H,3-5,8H2,1-2H3,(H,17,18);1H/t12-;/m1./s1. The number of benzene rings is 1. The van der Waals surface area contributed by atoms with Crippen LogP contribution in [0.15, 0.2) is 18.2 Å². The molecule has 0 spiro atoms. The molecule has 1 aliphatic heterocycles. The van der Waals surface area contributed by atoms with Gasteiger partial charge in [-0.05, 0) is 44.0 Å². The van der Waals surface area contributed by atoms with Crippen LogP contribution in [0.25, 0.3) is 0 Å². The molecule has 1 heterocycles. The van der Waals surface area contributed by atoms with Gasteiger partial charge in [-0.15, -0.1) is 12.4 Å². The molecule has 21 heavy (non-hydrogen) atoms. The Kier molecular flexibility index (Phi) is 6.65. The number of anilines is 1. The first-order valence-corrected chi connectivity index (χ1v) is 6.85. The molecule has 1 fully saturated rings. The van der Waals surface area contributed by atoms with Crippen molar-refractivity contribution in [1.29, 1.82) is 0 Å². The number of hydrogen-bond donors (Lipinski definition) is 2. The predicted octanol–water partition coefficient (Wildman–Crippen LogP) is 2.28. The fourth-order valence-corrected chi connectivity index (χ4v) is 2.30. The van der Waals surface area contributed by atoms with Gasteiger partial charge in [0, 0.05) is 5.69 Å². The minimum absolute atomic E-state index is 0. The molecular weight excluding hydrogens is 292 g/mol. The summed E-state index contributed by atoms with van der Waals surface area (Å²) in [7, 11) is 1.34. The molecule has 1 saturated heterocycles. The number of ether oxygens (including phenoxy) is 1. The van der Waals surface area contributed by atoms with Crippen molar-refractivity contribution in [3.8, 4) is 0 Å². The number of halogens is 1. The van der Waals surface area contributed by atoms with Gasteiger partial charge in [0.15, 0.2) is 0 Å². The summed E-state index contributed by atoms with van der Waals surface area (Å²) in [4.78, 5) is 23.7. The van der Waals surface area contributed by atoms with E-state index in [1.807, 2.05) is 6.92 Å².